The minimum absolute atomic E-state index is 0.000269. The maximum atomic E-state index is 13.5. The van der Waals surface area contributed by atoms with Gasteiger partial charge in [-0.05, 0) is 31.4 Å². The third-order valence-electron chi connectivity index (χ3n) is 2.98. The predicted octanol–water partition coefficient (Wildman–Crippen LogP) is 2.61. The van der Waals surface area contributed by atoms with Crippen molar-refractivity contribution in [1.29, 1.82) is 0 Å². The molecular formula is C15H20FNO3. The lowest BCUT2D eigenvalue weighted by Crippen LogP contribution is -2.34. The fraction of sp³-hybridized carbons (Fsp3) is 0.467. The van der Waals surface area contributed by atoms with Gasteiger partial charge in [0, 0.05) is 6.54 Å². The lowest BCUT2D eigenvalue weighted by Gasteiger charge is -2.15. The van der Waals surface area contributed by atoms with Crippen LogP contribution in [0.3, 0.4) is 0 Å². The van der Waals surface area contributed by atoms with Crippen LogP contribution < -0.4 is 5.32 Å². The molecule has 0 heterocycles. The van der Waals surface area contributed by atoms with Crippen LogP contribution in [0, 0.1) is 24.6 Å². The molecule has 0 fully saturated rings. The largest absolute Gasteiger partial charge is 0.481 e. The molecule has 20 heavy (non-hydrogen) atoms. The number of rotatable bonds is 6. The lowest BCUT2D eigenvalue weighted by atomic mass is 9.97. The van der Waals surface area contributed by atoms with E-state index in [1.165, 1.54) is 12.1 Å². The summed E-state index contributed by atoms with van der Waals surface area (Å²) in [5, 5.41) is 11.6. The molecule has 4 nitrogen and oxygen atoms in total. The number of benzene rings is 1. The molecule has 2 N–H and O–H groups in total. The molecule has 0 aliphatic heterocycles. The van der Waals surface area contributed by atoms with E-state index >= 15 is 0 Å². The van der Waals surface area contributed by atoms with Gasteiger partial charge in [0.15, 0.2) is 0 Å². The molecule has 1 atom stereocenters. The zero-order chi connectivity index (χ0) is 15.3. The molecule has 1 aromatic carbocycles. The summed E-state index contributed by atoms with van der Waals surface area (Å²) in [5.41, 5.74) is 0.715. The molecule has 0 bridgehead atoms. The Bertz CT molecular complexity index is 500. The summed E-state index contributed by atoms with van der Waals surface area (Å²) in [6.45, 7) is 5.59. The van der Waals surface area contributed by atoms with Crippen LogP contribution in [0.2, 0.25) is 0 Å². The average molecular weight is 281 g/mol. The molecule has 1 amide bonds. The molecule has 110 valence electrons. The quantitative estimate of drug-likeness (QED) is 0.842. The Morgan fingerprint density at radius 3 is 2.55 bits per heavy atom. The number of aryl methyl sites for hydroxylation is 1. The van der Waals surface area contributed by atoms with Gasteiger partial charge in [-0.25, -0.2) is 4.39 Å². The smallest absolute Gasteiger partial charge is 0.308 e. The fourth-order valence-corrected chi connectivity index (χ4v) is 1.96. The second-order valence-corrected chi connectivity index (χ2v) is 5.36. The molecule has 1 unspecified atom stereocenters. The number of carbonyl (C=O) groups excluding carboxylic acids is 1. The van der Waals surface area contributed by atoms with Gasteiger partial charge >= 0.3 is 5.97 Å². The fourth-order valence-electron chi connectivity index (χ4n) is 1.96. The summed E-state index contributed by atoms with van der Waals surface area (Å²) in [7, 11) is 0. The first kappa shape index (κ1) is 16.1. The predicted molar refractivity (Wildman–Crippen MR) is 74.1 cm³/mol. The zero-order valence-electron chi connectivity index (χ0n) is 11.9. The van der Waals surface area contributed by atoms with Crippen molar-refractivity contribution >= 4 is 11.9 Å². The second-order valence-electron chi connectivity index (χ2n) is 5.36. The third-order valence-corrected chi connectivity index (χ3v) is 2.98. The van der Waals surface area contributed by atoms with Gasteiger partial charge in [-0.2, -0.15) is 0 Å². The number of aliphatic carboxylic acids is 1. The highest BCUT2D eigenvalue weighted by Crippen LogP contribution is 2.13. The molecule has 1 aromatic rings. The van der Waals surface area contributed by atoms with Crippen molar-refractivity contribution in [2.45, 2.75) is 27.2 Å². The summed E-state index contributed by atoms with van der Waals surface area (Å²) >= 11 is 0. The highest BCUT2D eigenvalue weighted by atomic mass is 19.1. The van der Waals surface area contributed by atoms with E-state index in [1.807, 2.05) is 13.8 Å². The first-order valence-corrected chi connectivity index (χ1v) is 6.58. The van der Waals surface area contributed by atoms with Crippen LogP contribution in [0.15, 0.2) is 18.2 Å². The van der Waals surface area contributed by atoms with E-state index in [0.29, 0.717) is 6.42 Å². The Morgan fingerprint density at radius 2 is 2.00 bits per heavy atom. The second kappa shape index (κ2) is 7.03. The van der Waals surface area contributed by atoms with Crippen molar-refractivity contribution < 1.29 is 19.1 Å². The maximum Gasteiger partial charge on any atom is 0.308 e. The van der Waals surface area contributed by atoms with Crippen molar-refractivity contribution in [2.24, 2.45) is 11.8 Å². The van der Waals surface area contributed by atoms with E-state index in [0.717, 1.165) is 5.56 Å². The number of carboxylic acid groups (broad SMARTS) is 1. The van der Waals surface area contributed by atoms with Crippen LogP contribution >= 0.6 is 0 Å². The zero-order valence-corrected chi connectivity index (χ0v) is 11.9. The van der Waals surface area contributed by atoms with Crippen molar-refractivity contribution in [1.82, 2.24) is 5.32 Å². The van der Waals surface area contributed by atoms with Crippen LogP contribution in [0.1, 0.15) is 36.2 Å². The van der Waals surface area contributed by atoms with Gasteiger partial charge in [0.25, 0.3) is 5.91 Å². The summed E-state index contributed by atoms with van der Waals surface area (Å²) in [4.78, 5) is 23.0. The van der Waals surface area contributed by atoms with Gasteiger partial charge in [0.05, 0.1) is 11.5 Å². The van der Waals surface area contributed by atoms with E-state index in [2.05, 4.69) is 5.32 Å². The van der Waals surface area contributed by atoms with Gasteiger partial charge in [-0.3, -0.25) is 9.59 Å². The van der Waals surface area contributed by atoms with E-state index < -0.39 is 23.6 Å². The number of halogens is 1. The molecule has 0 saturated heterocycles. The van der Waals surface area contributed by atoms with Crippen LogP contribution in [-0.4, -0.2) is 23.5 Å². The van der Waals surface area contributed by atoms with Crippen molar-refractivity contribution in [2.75, 3.05) is 6.54 Å². The Kier molecular flexibility index (Phi) is 5.67. The number of nitrogens with one attached hydrogen (secondary N) is 1. The van der Waals surface area contributed by atoms with Gasteiger partial charge in [-0.15, -0.1) is 0 Å². The van der Waals surface area contributed by atoms with E-state index in [-0.39, 0.29) is 18.0 Å². The summed E-state index contributed by atoms with van der Waals surface area (Å²) in [5.74, 6) is -2.59. The molecule has 0 aliphatic carbocycles. The molecule has 0 saturated carbocycles. The monoisotopic (exact) mass is 281 g/mol. The summed E-state index contributed by atoms with van der Waals surface area (Å²) < 4.78 is 13.5. The molecule has 1 rings (SSSR count). The number of carboxylic acids is 1. The first-order chi connectivity index (χ1) is 9.31. The van der Waals surface area contributed by atoms with Crippen molar-refractivity contribution in [3.8, 4) is 0 Å². The molecule has 0 spiro atoms. The molecule has 0 aliphatic rings. The van der Waals surface area contributed by atoms with Gasteiger partial charge in [0.1, 0.15) is 5.82 Å². The Labute approximate surface area is 118 Å². The van der Waals surface area contributed by atoms with E-state index in [9.17, 15) is 14.0 Å². The van der Waals surface area contributed by atoms with Crippen LogP contribution in [0.25, 0.3) is 0 Å². The Balaban J connectivity index is 2.70. The van der Waals surface area contributed by atoms with Crippen LogP contribution in [0.5, 0.6) is 0 Å². The summed E-state index contributed by atoms with van der Waals surface area (Å²) in [6.07, 6.45) is 0.464. The highest BCUT2D eigenvalue weighted by molar-refractivity contribution is 5.94. The molecule has 5 heteroatoms. The normalized spacial score (nSPS) is 12.2. The average Bonchev–Trinajstić information content (AvgIpc) is 2.36. The number of hydrogen-bond acceptors (Lipinski definition) is 2. The maximum absolute atomic E-state index is 13.5. The topological polar surface area (TPSA) is 66.4 Å². The van der Waals surface area contributed by atoms with Gasteiger partial charge in [-0.1, -0.05) is 25.5 Å². The first-order valence-electron chi connectivity index (χ1n) is 6.58. The van der Waals surface area contributed by atoms with Crippen LogP contribution in [0.4, 0.5) is 4.39 Å². The Hall–Kier alpha value is -1.91. The van der Waals surface area contributed by atoms with E-state index in [1.54, 1.807) is 13.0 Å². The highest BCUT2D eigenvalue weighted by Gasteiger charge is 2.20. The van der Waals surface area contributed by atoms with E-state index in [4.69, 9.17) is 5.11 Å². The van der Waals surface area contributed by atoms with Gasteiger partial charge < -0.3 is 10.4 Å². The van der Waals surface area contributed by atoms with Crippen LogP contribution in [-0.2, 0) is 4.79 Å². The molecular weight excluding hydrogens is 261 g/mol. The standard InChI is InChI=1S/C15H20FNO3/c1-9(2)6-11(15(19)20)8-17-14(18)12-7-10(3)4-5-13(12)16/h4-5,7,9,11H,6,8H2,1-3H3,(H,17,18)(H,19,20). The number of amides is 1. The Morgan fingerprint density at radius 1 is 1.35 bits per heavy atom. The number of hydrogen-bond donors (Lipinski definition) is 2. The minimum atomic E-state index is -0.955. The number of carbonyl (C=O) groups is 2. The summed E-state index contributed by atoms with van der Waals surface area (Å²) in [6, 6.07) is 4.25. The minimum Gasteiger partial charge on any atom is -0.481 e. The SMILES string of the molecule is Cc1ccc(F)c(C(=O)NCC(CC(C)C)C(=O)O)c1. The van der Waals surface area contributed by atoms with Crippen molar-refractivity contribution in [3.63, 3.8) is 0 Å². The lowest BCUT2D eigenvalue weighted by molar-refractivity contribution is -0.142. The third kappa shape index (κ3) is 4.64. The molecule has 0 aromatic heterocycles. The molecule has 0 radical (unpaired) electrons. The van der Waals surface area contributed by atoms with Gasteiger partial charge in [0.2, 0.25) is 0 Å². The van der Waals surface area contributed by atoms with Crippen molar-refractivity contribution in [3.05, 3.63) is 35.1 Å².